The van der Waals surface area contributed by atoms with Crippen LogP contribution < -0.4 is 9.47 Å². The predicted octanol–water partition coefficient (Wildman–Crippen LogP) is 6.85. The Balaban J connectivity index is 2.32. The smallest absolute Gasteiger partial charge is 0.311 e. The number of esters is 2. The summed E-state index contributed by atoms with van der Waals surface area (Å²) < 4.78 is 10.8. The van der Waals surface area contributed by atoms with Crippen molar-refractivity contribution in [3.05, 3.63) is 24.3 Å². The highest BCUT2D eigenvalue weighted by molar-refractivity contribution is 5.76. The van der Waals surface area contributed by atoms with E-state index >= 15 is 0 Å². The molecule has 0 aliphatic carbocycles. The number of carbonyl (C=O) groups is 2. The van der Waals surface area contributed by atoms with Crippen LogP contribution in [0.1, 0.15) is 97.8 Å². The molecule has 0 spiro atoms. The molecule has 0 radical (unpaired) electrons. The molecule has 0 N–H and O–H groups in total. The van der Waals surface area contributed by atoms with E-state index in [9.17, 15) is 9.59 Å². The van der Waals surface area contributed by atoms with Gasteiger partial charge in [0.2, 0.25) is 0 Å². The van der Waals surface area contributed by atoms with Crippen LogP contribution in [0, 0.1) is 5.92 Å². The lowest BCUT2D eigenvalue weighted by Crippen LogP contribution is -2.12. The van der Waals surface area contributed by atoms with Crippen LogP contribution in [0.15, 0.2) is 24.3 Å². The minimum absolute atomic E-state index is 0.269. The van der Waals surface area contributed by atoms with Crippen molar-refractivity contribution in [1.82, 2.24) is 0 Å². The van der Waals surface area contributed by atoms with Gasteiger partial charge in [0.1, 0.15) is 0 Å². The molecule has 4 nitrogen and oxygen atoms in total. The first-order valence-corrected chi connectivity index (χ1v) is 11.1. The summed E-state index contributed by atoms with van der Waals surface area (Å²) >= 11 is 0. The quantitative estimate of drug-likeness (QED) is 0.187. The van der Waals surface area contributed by atoms with Crippen molar-refractivity contribution in [3.8, 4) is 11.5 Å². The number of ether oxygens (including phenoxy) is 2. The molecule has 0 fully saturated rings. The SMILES string of the molecule is CCCCCC(=O)Oc1ccccc1OC(=O)CCCCCCC(CC)CC. The molecule has 0 saturated heterocycles. The molecule has 0 aliphatic heterocycles. The normalized spacial score (nSPS) is 10.9. The minimum atomic E-state index is -0.283. The minimum Gasteiger partial charge on any atom is -0.423 e. The van der Waals surface area contributed by atoms with Crippen molar-refractivity contribution >= 4 is 11.9 Å². The Morgan fingerprint density at radius 2 is 1.25 bits per heavy atom. The van der Waals surface area contributed by atoms with Gasteiger partial charge >= 0.3 is 11.9 Å². The summed E-state index contributed by atoms with van der Waals surface area (Å²) in [5, 5.41) is 0. The van der Waals surface area contributed by atoms with Crippen molar-refractivity contribution in [1.29, 1.82) is 0 Å². The van der Waals surface area contributed by atoms with Gasteiger partial charge in [-0.3, -0.25) is 9.59 Å². The van der Waals surface area contributed by atoms with Crippen LogP contribution in [0.25, 0.3) is 0 Å². The fraction of sp³-hybridized carbons (Fsp3) is 0.667. The average molecular weight is 391 g/mol. The van der Waals surface area contributed by atoms with E-state index in [0.29, 0.717) is 24.3 Å². The molecule has 1 rings (SSSR count). The Bertz CT molecular complexity index is 563. The van der Waals surface area contributed by atoms with Crippen LogP contribution in [0.4, 0.5) is 0 Å². The third-order valence-corrected chi connectivity index (χ3v) is 5.18. The van der Waals surface area contributed by atoms with Gasteiger partial charge in [0.05, 0.1) is 0 Å². The summed E-state index contributed by atoms with van der Waals surface area (Å²) in [5.41, 5.74) is 0. The summed E-state index contributed by atoms with van der Waals surface area (Å²) in [6.45, 7) is 6.60. The largest absolute Gasteiger partial charge is 0.423 e. The molecule has 0 bridgehead atoms. The fourth-order valence-corrected chi connectivity index (χ4v) is 3.24. The maximum absolute atomic E-state index is 12.1. The lowest BCUT2D eigenvalue weighted by atomic mass is 9.96. The van der Waals surface area contributed by atoms with E-state index in [4.69, 9.17) is 9.47 Å². The summed E-state index contributed by atoms with van der Waals surface area (Å²) in [6.07, 6.45) is 11.7. The number of rotatable bonds is 15. The first-order chi connectivity index (χ1) is 13.6. The first kappa shape index (κ1) is 24.2. The van der Waals surface area contributed by atoms with Gasteiger partial charge in [0, 0.05) is 12.8 Å². The molecule has 0 aliphatic rings. The lowest BCUT2D eigenvalue weighted by Gasteiger charge is -2.11. The molecular formula is C24H38O4. The average Bonchev–Trinajstić information content (AvgIpc) is 2.69. The Morgan fingerprint density at radius 3 is 1.75 bits per heavy atom. The summed E-state index contributed by atoms with van der Waals surface area (Å²) in [7, 11) is 0. The van der Waals surface area contributed by atoms with Crippen molar-refractivity contribution in [2.24, 2.45) is 5.92 Å². The van der Waals surface area contributed by atoms with E-state index < -0.39 is 0 Å². The predicted molar refractivity (Wildman–Crippen MR) is 114 cm³/mol. The van der Waals surface area contributed by atoms with Crippen molar-refractivity contribution in [2.45, 2.75) is 97.8 Å². The zero-order valence-corrected chi connectivity index (χ0v) is 18.0. The maximum Gasteiger partial charge on any atom is 0.311 e. The molecule has 0 unspecified atom stereocenters. The monoisotopic (exact) mass is 390 g/mol. The third kappa shape index (κ3) is 10.5. The summed E-state index contributed by atoms with van der Waals surface area (Å²) in [5.74, 6) is 0.933. The second-order valence-electron chi connectivity index (χ2n) is 7.49. The van der Waals surface area contributed by atoms with Gasteiger partial charge in [0.15, 0.2) is 11.5 Å². The molecule has 1 aromatic rings. The third-order valence-electron chi connectivity index (χ3n) is 5.18. The standard InChI is InChI=1S/C24H38O4/c1-4-7-10-18-23(25)27-21-16-13-14-17-22(21)28-24(26)19-12-9-8-11-15-20(5-2)6-3/h13-14,16-17,20H,4-12,15,18-19H2,1-3H3. The van der Waals surface area contributed by atoms with Crippen molar-refractivity contribution < 1.29 is 19.1 Å². The zero-order valence-electron chi connectivity index (χ0n) is 18.0. The van der Waals surface area contributed by atoms with Crippen molar-refractivity contribution in [2.75, 3.05) is 0 Å². The number of unbranched alkanes of at least 4 members (excludes halogenated alkanes) is 5. The van der Waals surface area contributed by atoms with E-state index in [-0.39, 0.29) is 11.9 Å². The highest BCUT2D eigenvalue weighted by atomic mass is 16.6. The van der Waals surface area contributed by atoms with Crippen LogP contribution in [0.2, 0.25) is 0 Å². The molecular weight excluding hydrogens is 352 g/mol. The van der Waals surface area contributed by atoms with Gasteiger partial charge in [-0.15, -0.1) is 0 Å². The Labute approximate surface area is 171 Å². The molecule has 0 heterocycles. The van der Waals surface area contributed by atoms with Crippen LogP contribution in [0.3, 0.4) is 0 Å². The zero-order chi connectivity index (χ0) is 20.6. The van der Waals surface area contributed by atoms with Crippen LogP contribution in [-0.2, 0) is 9.59 Å². The Morgan fingerprint density at radius 1 is 0.750 bits per heavy atom. The van der Waals surface area contributed by atoms with Gasteiger partial charge in [0.25, 0.3) is 0 Å². The van der Waals surface area contributed by atoms with Gasteiger partial charge in [-0.1, -0.05) is 84.3 Å². The number of hydrogen-bond acceptors (Lipinski definition) is 4. The fourth-order valence-electron chi connectivity index (χ4n) is 3.24. The lowest BCUT2D eigenvalue weighted by molar-refractivity contribution is -0.137. The summed E-state index contributed by atoms with van der Waals surface area (Å²) in [6, 6.07) is 6.88. The molecule has 0 aromatic heterocycles. The second kappa shape index (κ2) is 15.1. The van der Waals surface area contributed by atoms with E-state index in [0.717, 1.165) is 44.4 Å². The number of benzene rings is 1. The van der Waals surface area contributed by atoms with Crippen LogP contribution >= 0.6 is 0 Å². The molecule has 0 amide bonds. The van der Waals surface area contributed by atoms with Crippen LogP contribution in [-0.4, -0.2) is 11.9 Å². The highest BCUT2D eigenvalue weighted by Crippen LogP contribution is 2.27. The van der Waals surface area contributed by atoms with E-state index in [2.05, 4.69) is 20.8 Å². The van der Waals surface area contributed by atoms with Gasteiger partial charge in [-0.05, 0) is 30.9 Å². The molecule has 0 saturated carbocycles. The number of hydrogen-bond donors (Lipinski definition) is 0. The molecule has 1 aromatic carbocycles. The summed E-state index contributed by atoms with van der Waals surface area (Å²) in [4.78, 5) is 24.1. The Hall–Kier alpha value is -1.84. The Kier molecular flexibility index (Phi) is 13.1. The highest BCUT2D eigenvalue weighted by Gasteiger charge is 2.13. The number of carbonyl (C=O) groups excluding carboxylic acids is 2. The molecule has 158 valence electrons. The van der Waals surface area contributed by atoms with Gasteiger partial charge in [-0.25, -0.2) is 0 Å². The molecule has 4 heteroatoms. The molecule has 28 heavy (non-hydrogen) atoms. The van der Waals surface area contributed by atoms with Crippen LogP contribution in [0.5, 0.6) is 11.5 Å². The van der Waals surface area contributed by atoms with E-state index in [1.165, 1.54) is 25.7 Å². The topological polar surface area (TPSA) is 52.6 Å². The first-order valence-electron chi connectivity index (χ1n) is 11.1. The van der Waals surface area contributed by atoms with E-state index in [1.54, 1.807) is 24.3 Å². The van der Waals surface area contributed by atoms with Gasteiger partial charge in [-0.2, -0.15) is 0 Å². The van der Waals surface area contributed by atoms with Crippen molar-refractivity contribution in [3.63, 3.8) is 0 Å². The second-order valence-corrected chi connectivity index (χ2v) is 7.49. The van der Waals surface area contributed by atoms with E-state index in [1.807, 2.05) is 0 Å². The number of para-hydroxylation sites is 2. The molecule has 0 atom stereocenters. The maximum atomic E-state index is 12.1. The van der Waals surface area contributed by atoms with Gasteiger partial charge < -0.3 is 9.47 Å².